The van der Waals surface area contributed by atoms with Crippen molar-refractivity contribution in [1.29, 1.82) is 0 Å². The largest absolute Gasteiger partial charge is 0.494 e. The third kappa shape index (κ3) is 5.60. The van der Waals surface area contributed by atoms with Crippen LogP contribution in [-0.4, -0.2) is 30.1 Å². The lowest BCUT2D eigenvalue weighted by Gasteiger charge is -2.19. The first-order valence-electron chi connectivity index (χ1n) is 8.66. The first-order chi connectivity index (χ1) is 12.9. The number of carbonyl (C=O) groups excluding carboxylic acids is 1. The number of anilines is 2. The predicted octanol–water partition coefficient (Wildman–Crippen LogP) is 3.83. The minimum Gasteiger partial charge on any atom is -0.494 e. The van der Waals surface area contributed by atoms with E-state index in [-0.39, 0.29) is 11.6 Å². The Morgan fingerprint density at radius 1 is 1.11 bits per heavy atom. The highest BCUT2D eigenvalue weighted by molar-refractivity contribution is 5.96. The molecule has 1 unspecified atom stereocenters. The summed E-state index contributed by atoms with van der Waals surface area (Å²) in [6.45, 7) is 6.51. The Morgan fingerprint density at radius 2 is 1.78 bits per heavy atom. The molecule has 8 heteroatoms. The van der Waals surface area contributed by atoms with Crippen molar-refractivity contribution in [2.24, 2.45) is 0 Å². The average molecular weight is 373 g/mol. The van der Waals surface area contributed by atoms with Gasteiger partial charge in [0, 0.05) is 23.9 Å². The zero-order chi connectivity index (χ0) is 19.8. The van der Waals surface area contributed by atoms with Gasteiger partial charge in [0.2, 0.25) is 5.91 Å². The molecule has 0 aromatic heterocycles. The highest BCUT2D eigenvalue weighted by Gasteiger charge is 2.16. The quantitative estimate of drug-likeness (QED) is 0.511. The van der Waals surface area contributed by atoms with E-state index < -0.39 is 11.0 Å². The molecule has 1 atom stereocenters. The maximum atomic E-state index is 12.4. The molecule has 1 amide bonds. The molecular formula is C19H23N3O5. The third-order valence-electron chi connectivity index (χ3n) is 3.67. The maximum absolute atomic E-state index is 12.4. The van der Waals surface area contributed by atoms with Gasteiger partial charge in [-0.25, -0.2) is 0 Å². The Labute approximate surface area is 157 Å². The van der Waals surface area contributed by atoms with E-state index in [4.69, 9.17) is 9.47 Å². The van der Waals surface area contributed by atoms with Gasteiger partial charge < -0.3 is 20.1 Å². The number of ether oxygens (including phenoxy) is 2. The van der Waals surface area contributed by atoms with Crippen molar-refractivity contribution in [3.8, 4) is 11.5 Å². The van der Waals surface area contributed by atoms with Gasteiger partial charge in [0.1, 0.15) is 17.5 Å². The number of nitrogens with zero attached hydrogens (tertiary/aromatic N) is 1. The Hall–Kier alpha value is -3.29. The SMILES string of the molecule is CCOc1ccc(OCC)c(NC(C)C(=O)Nc2ccc([N+](=O)[O-])cc2)c1. The van der Waals surface area contributed by atoms with Crippen LogP contribution in [0.1, 0.15) is 20.8 Å². The summed E-state index contributed by atoms with van der Waals surface area (Å²) in [4.78, 5) is 22.6. The van der Waals surface area contributed by atoms with Gasteiger partial charge in [-0.15, -0.1) is 0 Å². The van der Waals surface area contributed by atoms with E-state index >= 15 is 0 Å². The van der Waals surface area contributed by atoms with Gasteiger partial charge in [-0.2, -0.15) is 0 Å². The molecule has 27 heavy (non-hydrogen) atoms. The molecule has 0 aliphatic carbocycles. The fraction of sp³-hybridized carbons (Fsp3) is 0.316. The lowest BCUT2D eigenvalue weighted by atomic mass is 10.2. The molecule has 0 fully saturated rings. The number of amides is 1. The summed E-state index contributed by atoms with van der Waals surface area (Å²) in [5.41, 5.74) is 1.09. The molecule has 2 aromatic carbocycles. The monoisotopic (exact) mass is 373 g/mol. The number of nitrogens with one attached hydrogen (secondary N) is 2. The van der Waals surface area contributed by atoms with E-state index in [9.17, 15) is 14.9 Å². The van der Waals surface area contributed by atoms with Gasteiger partial charge in [-0.05, 0) is 45.0 Å². The Kier molecular flexibility index (Phi) is 6.99. The van der Waals surface area contributed by atoms with Crippen LogP contribution < -0.4 is 20.1 Å². The molecule has 0 saturated heterocycles. The van der Waals surface area contributed by atoms with Gasteiger partial charge in [0.25, 0.3) is 5.69 Å². The number of carbonyl (C=O) groups is 1. The lowest BCUT2D eigenvalue weighted by Crippen LogP contribution is -2.32. The highest BCUT2D eigenvalue weighted by Crippen LogP contribution is 2.30. The topological polar surface area (TPSA) is 103 Å². The molecule has 8 nitrogen and oxygen atoms in total. The summed E-state index contributed by atoms with van der Waals surface area (Å²) in [5, 5.41) is 16.5. The Bertz CT molecular complexity index is 792. The van der Waals surface area contributed by atoms with E-state index in [0.717, 1.165) is 0 Å². The van der Waals surface area contributed by atoms with Crippen molar-refractivity contribution in [2.45, 2.75) is 26.8 Å². The van der Waals surface area contributed by atoms with Crippen LogP contribution in [0, 0.1) is 10.1 Å². The van der Waals surface area contributed by atoms with Crippen LogP contribution in [0.5, 0.6) is 11.5 Å². The van der Waals surface area contributed by atoms with Gasteiger partial charge in [-0.1, -0.05) is 0 Å². The molecule has 144 valence electrons. The molecule has 2 aromatic rings. The number of non-ortho nitro benzene ring substituents is 1. The summed E-state index contributed by atoms with van der Waals surface area (Å²) in [6, 6.07) is 10.5. The lowest BCUT2D eigenvalue weighted by molar-refractivity contribution is -0.384. The van der Waals surface area contributed by atoms with E-state index in [1.165, 1.54) is 24.3 Å². The van der Waals surface area contributed by atoms with Crippen molar-refractivity contribution in [3.63, 3.8) is 0 Å². The second kappa shape index (κ2) is 9.42. The summed E-state index contributed by atoms with van der Waals surface area (Å²) in [5.74, 6) is 1.01. The van der Waals surface area contributed by atoms with Gasteiger partial charge in [0.05, 0.1) is 23.8 Å². The van der Waals surface area contributed by atoms with Crippen molar-refractivity contribution in [1.82, 2.24) is 0 Å². The zero-order valence-corrected chi connectivity index (χ0v) is 15.5. The number of nitro groups is 1. The van der Waals surface area contributed by atoms with E-state index in [2.05, 4.69) is 10.6 Å². The molecular weight excluding hydrogens is 350 g/mol. The van der Waals surface area contributed by atoms with Gasteiger partial charge in [0.15, 0.2) is 0 Å². The second-order valence-electron chi connectivity index (χ2n) is 5.68. The summed E-state index contributed by atoms with van der Waals surface area (Å²) in [7, 11) is 0. The van der Waals surface area contributed by atoms with Crippen molar-refractivity contribution < 1.29 is 19.2 Å². The molecule has 0 heterocycles. The first kappa shape index (κ1) is 20.0. The smallest absolute Gasteiger partial charge is 0.269 e. The zero-order valence-electron chi connectivity index (χ0n) is 15.5. The van der Waals surface area contributed by atoms with E-state index in [1.54, 1.807) is 25.1 Å². The Morgan fingerprint density at radius 3 is 2.37 bits per heavy atom. The summed E-state index contributed by atoms with van der Waals surface area (Å²) in [6.07, 6.45) is 0. The van der Waals surface area contributed by atoms with Crippen molar-refractivity contribution in [2.75, 3.05) is 23.8 Å². The fourth-order valence-electron chi connectivity index (χ4n) is 2.38. The van der Waals surface area contributed by atoms with Crippen LogP contribution in [0.25, 0.3) is 0 Å². The molecule has 0 aliphatic heterocycles. The molecule has 0 spiro atoms. The second-order valence-corrected chi connectivity index (χ2v) is 5.68. The number of nitro benzene ring substituents is 1. The average Bonchev–Trinajstić information content (AvgIpc) is 2.64. The van der Waals surface area contributed by atoms with Crippen molar-refractivity contribution in [3.05, 3.63) is 52.6 Å². The van der Waals surface area contributed by atoms with Crippen molar-refractivity contribution >= 4 is 23.0 Å². The molecule has 0 radical (unpaired) electrons. The number of rotatable bonds is 9. The Balaban J connectivity index is 2.08. The first-order valence-corrected chi connectivity index (χ1v) is 8.66. The van der Waals surface area contributed by atoms with E-state index in [0.29, 0.717) is 36.1 Å². The summed E-state index contributed by atoms with van der Waals surface area (Å²) >= 11 is 0. The molecule has 2 rings (SSSR count). The number of hydrogen-bond acceptors (Lipinski definition) is 6. The standard InChI is InChI=1S/C19H23N3O5/c1-4-26-16-10-11-18(27-5-2)17(12-16)20-13(3)19(23)21-14-6-8-15(9-7-14)22(24)25/h6-13,20H,4-5H2,1-3H3,(H,21,23). The normalized spacial score (nSPS) is 11.4. The fourth-order valence-corrected chi connectivity index (χ4v) is 2.38. The van der Waals surface area contributed by atoms with Crippen LogP contribution in [0.2, 0.25) is 0 Å². The van der Waals surface area contributed by atoms with Crippen LogP contribution in [-0.2, 0) is 4.79 Å². The molecule has 2 N–H and O–H groups in total. The van der Waals surface area contributed by atoms with E-state index in [1.807, 2.05) is 13.8 Å². The van der Waals surface area contributed by atoms with Gasteiger partial charge in [-0.3, -0.25) is 14.9 Å². The van der Waals surface area contributed by atoms with Gasteiger partial charge >= 0.3 is 0 Å². The van der Waals surface area contributed by atoms with Crippen LogP contribution in [0.3, 0.4) is 0 Å². The third-order valence-corrected chi connectivity index (χ3v) is 3.67. The maximum Gasteiger partial charge on any atom is 0.269 e. The highest BCUT2D eigenvalue weighted by atomic mass is 16.6. The van der Waals surface area contributed by atoms with Crippen LogP contribution in [0.15, 0.2) is 42.5 Å². The van der Waals surface area contributed by atoms with Crippen LogP contribution in [0.4, 0.5) is 17.1 Å². The molecule has 0 bridgehead atoms. The van der Waals surface area contributed by atoms with Crippen LogP contribution >= 0.6 is 0 Å². The molecule has 0 aliphatic rings. The number of hydrogen-bond donors (Lipinski definition) is 2. The minimum absolute atomic E-state index is 0.0340. The summed E-state index contributed by atoms with van der Waals surface area (Å²) < 4.78 is 11.1. The number of benzene rings is 2. The molecule has 0 saturated carbocycles. The predicted molar refractivity (Wildman–Crippen MR) is 104 cm³/mol. The minimum atomic E-state index is -0.573.